The van der Waals surface area contributed by atoms with E-state index in [9.17, 15) is 9.90 Å². The van der Waals surface area contributed by atoms with Crippen LogP contribution in [0.25, 0.3) is 0 Å². The average molecular weight is 180 g/mol. The molecule has 4 nitrogen and oxygen atoms in total. The van der Waals surface area contributed by atoms with Crippen molar-refractivity contribution in [2.24, 2.45) is 0 Å². The topological polar surface area (TPSA) is 66.8 Å². The zero-order valence-corrected chi connectivity index (χ0v) is 6.73. The van der Waals surface area contributed by atoms with Gasteiger partial charge in [-0.25, -0.2) is 0 Å². The van der Waals surface area contributed by atoms with Crippen LogP contribution in [0.5, 0.6) is 5.75 Å². The lowest BCUT2D eigenvalue weighted by atomic mass is 10.0. The molecule has 0 spiro atoms. The summed E-state index contributed by atoms with van der Waals surface area (Å²) >= 11 is 0. The number of hydrogen-bond acceptors (Lipinski definition) is 4. The number of aromatic hydroxyl groups is 1. The van der Waals surface area contributed by atoms with Crippen LogP contribution in [0.15, 0.2) is 18.2 Å². The van der Waals surface area contributed by atoms with Crippen LogP contribution >= 0.6 is 0 Å². The Balaban J connectivity index is 2.49. The number of aliphatic hydroxyl groups excluding tert-OH is 1. The van der Waals surface area contributed by atoms with E-state index in [4.69, 9.17) is 5.11 Å². The molecule has 68 valence electrons. The van der Waals surface area contributed by atoms with Crippen LogP contribution in [0.4, 0.5) is 0 Å². The number of rotatable bonds is 0. The van der Waals surface area contributed by atoms with Gasteiger partial charge in [0.1, 0.15) is 5.75 Å². The largest absolute Gasteiger partial charge is 0.508 e. The third-order valence-electron chi connectivity index (χ3n) is 1.97. The Morgan fingerprint density at radius 1 is 1.46 bits per heavy atom. The molecule has 0 saturated carbocycles. The fourth-order valence-electron chi connectivity index (χ4n) is 1.37. The van der Waals surface area contributed by atoms with Crippen molar-refractivity contribution in [3.8, 4) is 5.75 Å². The second kappa shape index (κ2) is 2.74. The molecule has 1 aromatic carbocycles. The summed E-state index contributed by atoms with van der Waals surface area (Å²) in [5.41, 5.74) is 1.15. The number of phenolic OH excluding ortho intramolecular Hbond substituents is 1. The summed E-state index contributed by atoms with van der Waals surface area (Å²) in [6, 6.07) is 4.45. The molecular formula is C9H8O4. The maximum Gasteiger partial charge on any atom is 0.312 e. The van der Waals surface area contributed by atoms with Crippen LogP contribution in [0.1, 0.15) is 17.4 Å². The SMILES string of the molecule is O=C1Cc2cc(O)ccc2C(O)O1. The molecule has 0 amide bonds. The van der Waals surface area contributed by atoms with Crippen LogP contribution in [0.2, 0.25) is 0 Å². The molecule has 1 heterocycles. The number of carbonyl (C=O) groups is 1. The number of cyclic esters (lactones) is 1. The predicted octanol–water partition coefficient (Wildman–Crippen LogP) is 0.482. The van der Waals surface area contributed by atoms with Crippen molar-refractivity contribution in [1.82, 2.24) is 0 Å². The number of ether oxygens (including phenoxy) is 1. The van der Waals surface area contributed by atoms with E-state index in [0.29, 0.717) is 11.1 Å². The number of benzene rings is 1. The molecule has 0 aromatic heterocycles. The third kappa shape index (κ3) is 1.36. The van der Waals surface area contributed by atoms with Gasteiger partial charge in [0.15, 0.2) is 0 Å². The molecule has 1 aliphatic heterocycles. The minimum absolute atomic E-state index is 0.0839. The lowest BCUT2D eigenvalue weighted by Gasteiger charge is -2.20. The second-order valence-electron chi connectivity index (χ2n) is 2.90. The van der Waals surface area contributed by atoms with Gasteiger partial charge in [-0.1, -0.05) is 0 Å². The Kier molecular flexibility index (Phi) is 1.70. The highest BCUT2D eigenvalue weighted by atomic mass is 16.6. The van der Waals surface area contributed by atoms with E-state index < -0.39 is 12.3 Å². The van der Waals surface area contributed by atoms with Crippen molar-refractivity contribution in [3.05, 3.63) is 29.3 Å². The summed E-state index contributed by atoms with van der Waals surface area (Å²) in [7, 11) is 0. The van der Waals surface area contributed by atoms with E-state index in [-0.39, 0.29) is 12.2 Å². The molecule has 1 aromatic rings. The monoisotopic (exact) mass is 180 g/mol. The average Bonchev–Trinajstić information content (AvgIpc) is 2.02. The quantitative estimate of drug-likeness (QED) is 0.570. The Bertz CT molecular complexity index is 359. The molecule has 0 saturated heterocycles. The molecule has 0 fully saturated rings. The Morgan fingerprint density at radius 3 is 3.00 bits per heavy atom. The second-order valence-corrected chi connectivity index (χ2v) is 2.90. The molecule has 1 atom stereocenters. The van der Waals surface area contributed by atoms with Crippen LogP contribution in [-0.2, 0) is 16.0 Å². The van der Waals surface area contributed by atoms with Crippen molar-refractivity contribution in [3.63, 3.8) is 0 Å². The van der Waals surface area contributed by atoms with Gasteiger partial charge in [-0.15, -0.1) is 0 Å². The minimum Gasteiger partial charge on any atom is -0.508 e. The first-order valence-corrected chi connectivity index (χ1v) is 3.86. The number of phenols is 1. The maximum absolute atomic E-state index is 10.9. The molecule has 0 aliphatic carbocycles. The maximum atomic E-state index is 10.9. The van der Waals surface area contributed by atoms with Gasteiger partial charge in [0, 0.05) is 5.56 Å². The van der Waals surface area contributed by atoms with E-state index in [1.807, 2.05) is 0 Å². The lowest BCUT2D eigenvalue weighted by molar-refractivity contribution is -0.171. The first kappa shape index (κ1) is 8.07. The number of carbonyl (C=O) groups excluding carboxylic acids is 1. The van der Waals surface area contributed by atoms with Gasteiger partial charge in [0.05, 0.1) is 6.42 Å². The van der Waals surface area contributed by atoms with Gasteiger partial charge < -0.3 is 14.9 Å². The minimum atomic E-state index is -1.20. The highest BCUT2D eigenvalue weighted by Gasteiger charge is 2.24. The normalized spacial score (nSPS) is 20.7. The van der Waals surface area contributed by atoms with Gasteiger partial charge in [-0.05, 0) is 23.8 Å². The van der Waals surface area contributed by atoms with E-state index in [0.717, 1.165) is 0 Å². The highest BCUT2D eigenvalue weighted by molar-refractivity contribution is 5.75. The van der Waals surface area contributed by atoms with Crippen LogP contribution in [-0.4, -0.2) is 16.2 Å². The van der Waals surface area contributed by atoms with Gasteiger partial charge in [0.2, 0.25) is 6.29 Å². The number of fused-ring (bicyclic) bond motifs is 1. The molecule has 2 N–H and O–H groups in total. The summed E-state index contributed by atoms with van der Waals surface area (Å²) in [4.78, 5) is 10.9. The molecule has 1 aliphatic rings. The smallest absolute Gasteiger partial charge is 0.312 e. The zero-order chi connectivity index (χ0) is 9.42. The van der Waals surface area contributed by atoms with Gasteiger partial charge in [-0.3, -0.25) is 4.79 Å². The Morgan fingerprint density at radius 2 is 2.23 bits per heavy atom. The number of esters is 1. The Labute approximate surface area is 74.4 Å². The van der Waals surface area contributed by atoms with Gasteiger partial charge in [-0.2, -0.15) is 0 Å². The summed E-state index contributed by atoms with van der Waals surface area (Å²) in [6.07, 6.45) is -1.10. The fourth-order valence-corrected chi connectivity index (χ4v) is 1.37. The van der Waals surface area contributed by atoms with E-state index >= 15 is 0 Å². The number of aliphatic hydroxyl groups is 1. The van der Waals surface area contributed by atoms with Crippen molar-refractivity contribution < 1.29 is 19.7 Å². The fraction of sp³-hybridized carbons (Fsp3) is 0.222. The van der Waals surface area contributed by atoms with Crippen molar-refractivity contribution in [1.29, 1.82) is 0 Å². The van der Waals surface area contributed by atoms with Crippen LogP contribution in [0.3, 0.4) is 0 Å². The van der Waals surface area contributed by atoms with Gasteiger partial charge in [0.25, 0.3) is 0 Å². The molecule has 1 unspecified atom stereocenters. The zero-order valence-electron chi connectivity index (χ0n) is 6.73. The summed E-state index contributed by atoms with van der Waals surface area (Å²) in [6.45, 7) is 0. The molecule has 0 bridgehead atoms. The van der Waals surface area contributed by atoms with Crippen LogP contribution in [0, 0.1) is 0 Å². The molecule has 0 radical (unpaired) electrons. The van der Waals surface area contributed by atoms with E-state index in [1.165, 1.54) is 12.1 Å². The first-order valence-electron chi connectivity index (χ1n) is 3.86. The van der Waals surface area contributed by atoms with E-state index in [1.54, 1.807) is 6.07 Å². The van der Waals surface area contributed by atoms with Crippen molar-refractivity contribution in [2.75, 3.05) is 0 Å². The predicted molar refractivity (Wildman–Crippen MR) is 42.9 cm³/mol. The lowest BCUT2D eigenvalue weighted by Crippen LogP contribution is -2.20. The van der Waals surface area contributed by atoms with Crippen molar-refractivity contribution >= 4 is 5.97 Å². The number of hydrogen-bond donors (Lipinski definition) is 2. The van der Waals surface area contributed by atoms with Crippen molar-refractivity contribution in [2.45, 2.75) is 12.7 Å². The molecule has 4 heteroatoms. The summed E-state index contributed by atoms with van der Waals surface area (Å²) in [5, 5.41) is 18.4. The molecular weight excluding hydrogens is 172 g/mol. The third-order valence-corrected chi connectivity index (χ3v) is 1.97. The molecule has 13 heavy (non-hydrogen) atoms. The standard InChI is InChI=1S/C9H8O4/c10-6-1-2-7-5(3-6)4-8(11)13-9(7)12/h1-3,9-10,12H,4H2. The molecule has 2 rings (SSSR count). The van der Waals surface area contributed by atoms with Gasteiger partial charge >= 0.3 is 5.97 Å². The Hall–Kier alpha value is -1.55. The van der Waals surface area contributed by atoms with Crippen LogP contribution < -0.4 is 0 Å². The van der Waals surface area contributed by atoms with E-state index in [2.05, 4.69) is 4.74 Å². The summed E-state index contributed by atoms with van der Waals surface area (Å²) in [5.74, 6) is -0.397. The highest BCUT2D eigenvalue weighted by Crippen LogP contribution is 2.28. The summed E-state index contributed by atoms with van der Waals surface area (Å²) < 4.78 is 4.59. The first-order chi connectivity index (χ1) is 6.16.